The zero-order valence-corrected chi connectivity index (χ0v) is 21.3. The van der Waals surface area contributed by atoms with E-state index in [1.807, 2.05) is 20.2 Å². The number of benzene rings is 3. The summed E-state index contributed by atoms with van der Waals surface area (Å²) in [6.45, 7) is 7.39. The van der Waals surface area contributed by atoms with Crippen LogP contribution in [0.1, 0.15) is 12.8 Å². The monoisotopic (exact) mass is 542 g/mol. The largest absolute Gasteiger partial charge is 0.0622 e. The zero-order valence-electron chi connectivity index (χ0n) is 18.1. The van der Waals surface area contributed by atoms with Crippen molar-refractivity contribution in [2.75, 3.05) is 14.1 Å². The molecule has 0 saturated heterocycles. The van der Waals surface area contributed by atoms with Gasteiger partial charge in [0.05, 0.1) is 0 Å². The predicted octanol–water partition coefficient (Wildman–Crippen LogP) is 6.45. The van der Waals surface area contributed by atoms with E-state index >= 15 is 0 Å². The van der Waals surface area contributed by atoms with Crippen LogP contribution in [0, 0.1) is 0 Å². The van der Waals surface area contributed by atoms with E-state index in [4.69, 9.17) is 0 Å². The van der Waals surface area contributed by atoms with Crippen LogP contribution in [0.5, 0.6) is 0 Å². The fourth-order valence-electron chi connectivity index (χ4n) is 2.78. The summed E-state index contributed by atoms with van der Waals surface area (Å²) in [6.07, 6.45) is 3.73. The minimum atomic E-state index is -0.446. The van der Waals surface area contributed by atoms with Crippen LogP contribution in [-0.2, 0) is 18.2 Å². The van der Waals surface area contributed by atoms with E-state index in [9.17, 15) is 0 Å². The molecule has 0 bridgehead atoms. The van der Waals surface area contributed by atoms with Gasteiger partial charge in [0.1, 0.15) is 0 Å². The van der Waals surface area contributed by atoms with Crippen LogP contribution in [-0.4, -0.2) is 19.1 Å². The van der Waals surface area contributed by atoms with E-state index in [0.29, 0.717) is 0 Å². The molecule has 3 aromatic carbocycles. The van der Waals surface area contributed by atoms with Crippen molar-refractivity contribution in [3.63, 3.8) is 0 Å². The van der Waals surface area contributed by atoms with Crippen LogP contribution in [0.15, 0.2) is 116 Å². The third-order valence-electron chi connectivity index (χ3n) is 4.02. The van der Waals surface area contributed by atoms with Gasteiger partial charge >= 0.3 is 27.7 Å². The van der Waals surface area contributed by atoms with Gasteiger partial charge < -0.3 is 10.4 Å². The third kappa shape index (κ3) is 10.9. The van der Waals surface area contributed by atoms with E-state index in [2.05, 4.69) is 137 Å². The van der Waals surface area contributed by atoms with Crippen LogP contribution >= 0.6 is 17.5 Å². The maximum absolute atomic E-state index is 4.49. The molecule has 3 aromatic rings. The minimum absolute atomic E-state index is 0.446. The molecule has 0 aromatic heterocycles. The fourth-order valence-corrected chi connectivity index (χ4v) is 5.09. The molecule has 31 heavy (non-hydrogen) atoms. The number of allylic oxidation sites excluding steroid dienone is 2. The summed E-state index contributed by atoms with van der Waals surface area (Å²) >= 11 is 2.22. The number of rotatable bonds is 8. The molecule has 0 atom stereocenters. The Bertz CT molecular complexity index is 764. The molecule has 0 aliphatic heterocycles. The number of hydrogen-bond acceptors (Lipinski definition) is 1. The Balaban J connectivity index is 0.000000343. The van der Waals surface area contributed by atoms with Gasteiger partial charge in [0.25, 0.3) is 0 Å². The molecule has 0 fully saturated rings. The van der Waals surface area contributed by atoms with Gasteiger partial charge in [-0.2, -0.15) is 5.70 Å². The molecule has 0 amide bonds. The standard InChI is InChI=1S/C18H15P.C8H15N2.ClH.Pd/c1-4-10-16(11-5-1)19(17-12-6-2-7-13-17)18-14-8-3-9-15-18;1-5-6-7-8(2)9-10(3)4;;/h1-15H;5H,1-2,6-7H2,3-4H3;1H;/q;-1;;+2/p-1. The molecule has 0 spiro atoms. The van der Waals surface area contributed by atoms with Crippen LogP contribution < -0.4 is 15.9 Å². The molecule has 0 aliphatic rings. The molecule has 0 N–H and O–H groups in total. The summed E-state index contributed by atoms with van der Waals surface area (Å²) in [7, 11) is 7.82. The van der Waals surface area contributed by atoms with E-state index in [-0.39, 0.29) is 0 Å². The number of halogens is 1. The van der Waals surface area contributed by atoms with Crippen molar-refractivity contribution in [3.05, 3.63) is 121 Å². The Morgan fingerprint density at radius 3 is 1.48 bits per heavy atom. The molecule has 0 radical (unpaired) electrons. The van der Waals surface area contributed by atoms with Gasteiger partial charge in [0.2, 0.25) is 0 Å². The van der Waals surface area contributed by atoms with E-state index in [1.165, 1.54) is 15.9 Å². The van der Waals surface area contributed by atoms with E-state index < -0.39 is 7.92 Å². The van der Waals surface area contributed by atoms with E-state index in [1.54, 1.807) is 5.01 Å². The Morgan fingerprint density at radius 2 is 1.19 bits per heavy atom. The van der Waals surface area contributed by atoms with Gasteiger partial charge in [-0.1, -0.05) is 97.1 Å². The van der Waals surface area contributed by atoms with Crippen molar-refractivity contribution in [2.45, 2.75) is 12.8 Å². The zero-order chi connectivity index (χ0) is 22.9. The van der Waals surface area contributed by atoms with Crippen LogP contribution in [0.4, 0.5) is 0 Å². The average molecular weight is 543 g/mol. The molecule has 3 rings (SSSR count). The average Bonchev–Trinajstić information content (AvgIpc) is 2.81. The summed E-state index contributed by atoms with van der Waals surface area (Å²) in [5.74, 6) is 0. The van der Waals surface area contributed by atoms with Gasteiger partial charge in [-0.15, -0.1) is 13.2 Å². The molecule has 0 aliphatic carbocycles. The second kappa shape index (κ2) is 16.9. The minimum Gasteiger partial charge on any atom is -0.0622 e. The molecule has 166 valence electrons. The van der Waals surface area contributed by atoms with Gasteiger partial charge in [0, 0.05) is 0 Å². The molecule has 0 saturated carbocycles. The van der Waals surface area contributed by atoms with Crippen molar-refractivity contribution in [1.29, 1.82) is 0 Å². The Labute approximate surface area is 204 Å². The molecule has 0 unspecified atom stereocenters. The number of hydrogen-bond donors (Lipinski definition) is 0. The Kier molecular flexibility index (Phi) is 14.9. The van der Waals surface area contributed by atoms with E-state index in [0.717, 1.165) is 18.5 Å². The summed E-state index contributed by atoms with van der Waals surface area (Å²) in [5, 5.41) is 5.95. The maximum Gasteiger partial charge on any atom is -0.0134 e. The quantitative estimate of drug-likeness (QED) is 0.138. The Morgan fingerprint density at radius 1 is 0.839 bits per heavy atom. The van der Waals surface area contributed by atoms with Gasteiger partial charge in [-0.25, -0.2) is 0 Å². The molecule has 2 nitrogen and oxygen atoms in total. The molecule has 0 heterocycles. The van der Waals surface area contributed by atoms with Crippen molar-refractivity contribution >= 4 is 33.4 Å². The van der Waals surface area contributed by atoms with Crippen molar-refractivity contribution in [3.8, 4) is 0 Å². The summed E-state index contributed by atoms with van der Waals surface area (Å²) < 4.78 is 0. The summed E-state index contributed by atoms with van der Waals surface area (Å²) in [6, 6.07) is 32.3. The van der Waals surface area contributed by atoms with Gasteiger partial charge in [-0.05, 0) is 50.8 Å². The first-order valence-corrected chi connectivity index (χ1v) is 13.2. The van der Waals surface area contributed by atoms with Gasteiger partial charge in [-0.3, -0.25) is 0 Å². The maximum atomic E-state index is 4.49. The van der Waals surface area contributed by atoms with Crippen LogP contribution in [0.2, 0.25) is 0 Å². The first-order valence-electron chi connectivity index (χ1n) is 9.86. The molecule has 5 heteroatoms. The van der Waals surface area contributed by atoms with Crippen LogP contribution in [0.3, 0.4) is 0 Å². The second-order valence-corrected chi connectivity index (χ2v) is 8.90. The smallest absolute Gasteiger partial charge is 0.0134 e. The van der Waals surface area contributed by atoms with Gasteiger partial charge in [0.15, 0.2) is 0 Å². The van der Waals surface area contributed by atoms with Crippen molar-refractivity contribution in [2.24, 2.45) is 0 Å². The topological polar surface area (TPSA) is 17.3 Å². The predicted molar refractivity (Wildman–Crippen MR) is 137 cm³/mol. The Hall–Kier alpha value is -1.72. The third-order valence-corrected chi connectivity index (χ3v) is 6.47. The fraction of sp³-hybridized carbons (Fsp3) is 0.154. The normalized spacial score (nSPS) is 9.77. The second-order valence-electron chi connectivity index (χ2n) is 6.68. The first kappa shape index (κ1) is 27.3. The summed E-state index contributed by atoms with van der Waals surface area (Å²) in [5.41, 5.74) is 5.01. The van der Waals surface area contributed by atoms with Crippen molar-refractivity contribution in [1.82, 2.24) is 5.01 Å². The molecular formula is C26H30ClN2PPd. The first-order chi connectivity index (χ1) is 15.1. The van der Waals surface area contributed by atoms with Crippen LogP contribution in [0.25, 0.3) is 5.43 Å². The SMILES string of the molecule is C=CCCC(=C)[N-]N(C)C.[Cl][Pd+].c1ccc(P(c2ccccc2)c2ccccc2)cc1. The summed E-state index contributed by atoms with van der Waals surface area (Å²) in [4.78, 5) is 0. The molecular weight excluding hydrogens is 513 g/mol. The van der Waals surface area contributed by atoms with Crippen molar-refractivity contribution < 1.29 is 18.2 Å². The number of nitrogens with zero attached hydrogens (tertiary/aromatic N) is 2.